The van der Waals surface area contributed by atoms with E-state index in [1.807, 2.05) is 32.3 Å². The highest BCUT2D eigenvalue weighted by Gasteiger charge is 2.24. The molecule has 25 heavy (non-hydrogen) atoms. The van der Waals surface area contributed by atoms with Crippen molar-refractivity contribution in [3.8, 4) is 11.5 Å². The lowest BCUT2D eigenvalue weighted by molar-refractivity contribution is 0.153. The number of aromatic nitrogens is 1. The lowest BCUT2D eigenvalue weighted by atomic mass is 10.0. The van der Waals surface area contributed by atoms with Crippen molar-refractivity contribution in [2.24, 2.45) is 0 Å². The minimum Gasteiger partial charge on any atom is -0.490 e. The van der Waals surface area contributed by atoms with E-state index in [4.69, 9.17) is 9.47 Å². The van der Waals surface area contributed by atoms with Crippen LogP contribution in [0.4, 0.5) is 0 Å². The summed E-state index contributed by atoms with van der Waals surface area (Å²) in [6.45, 7) is 9.14. The minimum atomic E-state index is 0.360. The maximum atomic E-state index is 5.77. The molecule has 134 valence electrons. The van der Waals surface area contributed by atoms with Gasteiger partial charge in [-0.3, -0.25) is 9.88 Å². The summed E-state index contributed by atoms with van der Waals surface area (Å²) in [6.07, 6.45) is 3.73. The van der Waals surface area contributed by atoms with Crippen molar-refractivity contribution in [3.63, 3.8) is 0 Å². The maximum absolute atomic E-state index is 5.77. The third-order valence-electron chi connectivity index (χ3n) is 4.44. The van der Waals surface area contributed by atoms with Gasteiger partial charge in [-0.15, -0.1) is 0 Å². The molecule has 3 rings (SSSR count). The van der Waals surface area contributed by atoms with Crippen LogP contribution in [0.5, 0.6) is 11.5 Å². The molecule has 1 aromatic heterocycles. The van der Waals surface area contributed by atoms with Gasteiger partial charge in [0.25, 0.3) is 0 Å². The summed E-state index contributed by atoms with van der Waals surface area (Å²) in [5, 5.41) is 3.50. The molecule has 5 heteroatoms. The third-order valence-corrected chi connectivity index (χ3v) is 4.44. The third kappa shape index (κ3) is 4.50. The van der Waals surface area contributed by atoms with Crippen molar-refractivity contribution in [1.29, 1.82) is 0 Å². The number of benzene rings is 1. The first kappa shape index (κ1) is 17.7. The van der Waals surface area contributed by atoms with Gasteiger partial charge >= 0.3 is 0 Å². The van der Waals surface area contributed by atoms with Crippen LogP contribution in [0, 0.1) is 0 Å². The highest BCUT2D eigenvalue weighted by atomic mass is 16.5. The van der Waals surface area contributed by atoms with Crippen LogP contribution in [0.2, 0.25) is 0 Å². The summed E-state index contributed by atoms with van der Waals surface area (Å²) in [4.78, 5) is 6.65. The van der Waals surface area contributed by atoms with Gasteiger partial charge in [0.1, 0.15) is 0 Å². The van der Waals surface area contributed by atoms with Crippen LogP contribution in [0.25, 0.3) is 0 Å². The molecule has 0 radical (unpaired) electrons. The number of nitrogens with one attached hydrogen (secondary N) is 1. The number of pyridine rings is 1. The average Bonchev–Trinajstić information content (AvgIpc) is 2.65. The second kappa shape index (κ2) is 8.83. The van der Waals surface area contributed by atoms with E-state index < -0.39 is 0 Å². The molecule has 1 fully saturated rings. The predicted octanol–water partition coefficient (Wildman–Crippen LogP) is 3.03. The molecular weight excluding hydrogens is 314 g/mol. The first-order valence-electron chi connectivity index (χ1n) is 9.05. The molecule has 2 heterocycles. The first-order chi connectivity index (χ1) is 12.3. The van der Waals surface area contributed by atoms with Crippen LogP contribution in [0.15, 0.2) is 42.7 Å². The Balaban J connectivity index is 1.78. The fourth-order valence-corrected chi connectivity index (χ4v) is 3.28. The van der Waals surface area contributed by atoms with E-state index in [9.17, 15) is 0 Å². The van der Waals surface area contributed by atoms with Crippen LogP contribution < -0.4 is 14.8 Å². The maximum Gasteiger partial charge on any atom is 0.161 e. The molecule has 2 aromatic rings. The molecule has 1 atom stereocenters. The normalized spacial score (nSPS) is 18.1. The zero-order valence-electron chi connectivity index (χ0n) is 15.1. The highest BCUT2D eigenvalue weighted by Crippen LogP contribution is 2.30. The molecule has 1 saturated heterocycles. The van der Waals surface area contributed by atoms with Crippen LogP contribution in [0.1, 0.15) is 31.0 Å². The lowest BCUT2D eigenvalue weighted by Gasteiger charge is -2.36. The Hall–Kier alpha value is -2.11. The van der Waals surface area contributed by atoms with Gasteiger partial charge in [-0.25, -0.2) is 0 Å². The van der Waals surface area contributed by atoms with E-state index in [-0.39, 0.29) is 0 Å². The molecule has 1 N–H and O–H groups in total. The molecule has 5 nitrogen and oxygen atoms in total. The summed E-state index contributed by atoms with van der Waals surface area (Å²) in [5.74, 6) is 1.65. The molecule has 1 aliphatic rings. The Morgan fingerprint density at radius 2 is 1.84 bits per heavy atom. The lowest BCUT2D eigenvalue weighted by Crippen LogP contribution is -2.45. The molecule has 1 aromatic carbocycles. The van der Waals surface area contributed by atoms with Crippen molar-refractivity contribution < 1.29 is 9.47 Å². The van der Waals surface area contributed by atoms with Crippen molar-refractivity contribution in [1.82, 2.24) is 15.2 Å². The molecule has 1 unspecified atom stereocenters. The Bertz CT molecular complexity index is 663. The predicted molar refractivity (Wildman–Crippen MR) is 99.0 cm³/mol. The Labute approximate surface area is 150 Å². The zero-order chi connectivity index (χ0) is 17.5. The van der Waals surface area contributed by atoms with E-state index in [2.05, 4.69) is 39.5 Å². The largest absolute Gasteiger partial charge is 0.490 e. The molecule has 1 aliphatic heterocycles. The molecule has 0 aliphatic carbocycles. The van der Waals surface area contributed by atoms with Gasteiger partial charge in [-0.1, -0.05) is 6.07 Å². The molecule has 0 saturated carbocycles. The van der Waals surface area contributed by atoms with Gasteiger partial charge in [-0.2, -0.15) is 0 Å². The Morgan fingerprint density at radius 3 is 2.60 bits per heavy atom. The van der Waals surface area contributed by atoms with E-state index in [1.54, 1.807) is 0 Å². The number of piperazine rings is 1. The van der Waals surface area contributed by atoms with E-state index in [0.29, 0.717) is 19.3 Å². The minimum absolute atomic E-state index is 0.360. The fraction of sp³-hybridized carbons (Fsp3) is 0.450. The Kier molecular flexibility index (Phi) is 6.25. The van der Waals surface area contributed by atoms with Crippen molar-refractivity contribution in [3.05, 3.63) is 53.9 Å². The van der Waals surface area contributed by atoms with Crippen LogP contribution >= 0.6 is 0 Å². The van der Waals surface area contributed by atoms with Crippen molar-refractivity contribution >= 4 is 0 Å². The van der Waals surface area contributed by atoms with Crippen molar-refractivity contribution in [2.75, 3.05) is 32.8 Å². The van der Waals surface area contributed by atoms with Gasteiger partial charge in [0, 0.05) is 44.6 Å². The highest BCUT2D eigenvalue weighted by molar-refractivity contribution is 5.43. The fourth-order valence-electron chi connectivity index (χ4n) is 3.28. The van der Waals surface area contributed by atoms with Crippen LogP contribution in [0.3, 0.4) is 0 Å². The average molecular weight is 341 g/mol. The van der Waals surface area contributed by atoms with Gasteiger partial charge < -0.3 is 14.8 Å². The molecule has 0 spiro atoms. The Morgan fingerprint density at radius 1 is 1.08 bits per heavy atom. The molecular formula is C20H27N3O2. The number of ether oxygens (including phenoxy) is 2. The number of hydrogen-bond donors (Lipinski definition) is 1. The smallest absolute Gasteiger partial charge is 0.161 e. The second-order valence-corrected chi connectivity index (χ2v) is 6.12. The van der Waals surface area contributed by atoms with E-state index in [0.717, 1.165) is 37.7 Å². The zero-order valence-corrected chi connectivity index (χ0v) is 15.1. The number of hydrogen-bond acceptors (Lipinski definition) is 5. The standard InChI is InChI=1S/C20H27N3O2/c1-3-24-19-6-5-16(13-20(19)25-4-2)15-23-12-11-22-14-18(23)17-7-9-21-10-8-17/h5-10,13,18,22H,3-4,11-12,14-15H2,1-2H3. The SMILES string of the molecule is CCOc1ccc(CN2CCNCC2c2ccncc2)cc1OCC. The summed E-state index contributed by atoms with van der Waals surface area (Å²) < 4.78 is 11.4. The van der Waals surface area contributed by atoms with E-state index in [1.165, 1.54) is 11.1 Å². The van der Waals surface area contributed by atoms with Gasteiger partial charge in [-0.05, 0) is 49.2 Å². The second-order valence-electron chi connectivity index (χ2n) is 6.12. The number of rotatable bonds is 7. The quantitative estimate of drug-likeness (QED) is 0.839. The first-order valence-corrected chi connectivity index (χ1v) is 9.05. The van der Waals surface area contributed by atoms with E-state index >= 15 is 0 Å². The summed E-state index contributed by atoms with van der Waals surface area (Å²) >= 11 is 0. The molecule has 0 amide bonds. The summed E-state index contributed by atoms with van der Waals surface area (Å²) in [7, 11) is 0. The van der Waals surface area contributed by atoms with Crippen molar-refractivity contribution in [2.45, 2.75) is 26.4 Å². The van der Waals surface area contributed by atoms with Gasteiger partial charge in [0.2, 0.25) is 0 Å². The van der Waals surface area contributed by atoms with Gasteiger partial charge in [0.15, 0.2) is 11.5 Å². The van der Waals surface area contributed by atoms with Gasteiger partial charge in [0.05, 0.1) is 13.2 Å². The monoisotopic (exact) mass is 341 g/mol. The summed E-state index contributed by atoms with van der Waals surface area (Å²) in [6, 6.07) is 10.8. The number of nitrogens with zero attached hydrogens (tertiary/aromatic N) is 2. The topological polar surface area (TPSA) is 46.6 Å². The summed E-state index contributed by atoms with van der Waals surface area (Å²) in [5.41, 5.74) is 2.55. The van der Waals surface area contributed by atoms with Crippen LogP contribution in [-0.4, -0.2) is 42.7 Å². The molecule has 0 bridgehead atoms. The van der Waals surface area contributed by atoms with Crippen LogP contribution in [-0.2, 0) is 6.54 Å².